The van der Waals surface area contributed by atoms with Crippen LogP contribution in [0.5, 0.6) is 0 Å². The molecule has 0 aromatic carbocycles. The first-order chi connectivity index (χ1) is 10.2. The smallest absolute Gasteiger partial charge is 0.134 e. The Balaban J connectivity index is 2.19. The minimum atomic E-state index is 0.0904. The molecule has 0 spiro atoms. The van der Waals surface area contributed by atoms with Crippen LogP contribution in [0.4, 0.5) is 0 Å². The van der Waals surface area contributed by atoms with Crippen LogP contribution < -0.4 is 0 Å². The molecule has 0 aromatic rings. The first-order valence-corrected chi connectivity index (χ1v) is 9.01. The molecule has 0 radical (unpaired) electrons. The van der Waals surface area contributed by atoms with E-state index in [0.29, 0.717) is 23.5 Å². The van der Waals surface area contributed by atoms with E-state index in [1.54, 1.807) is 0 Å². The molecule has 2 nitrogen and oxygen atoms in total. The van der Waals surface area contributed by atoms with Crippen LogP contribution in [0.15, 0.2) is 12.2 Å². The largest absolute Gasteiger partial charge is 0.396 e. The van der Waals surface area contributed by atoms with E-state index in [9.17, 15) is 4.79 Å². The van der Waals surface area contributed by atoms with Crippen molar-refractivity contribution < 1.29 is 9.90 Å². The van der Waals surface area contributed by atoms with Crippen LogP contribution in [-0.4, -0.2) is 17.5 Å². The highest BCUT2D eigenvalue weighted by atomic mass is 16.3. The summed E-state index contributed by atoms with van der Waals surface area (Å²) in [5.41, 5.74) is 1.58. The Hall–Kier alpha value is -0.630. The lowest BCUT2D eigenvalue weighted by molar-refractivity contribution is -0.138. The third-order valence-electron chi connectivity index (χ3n) is 6.58. The molecule has 1 N–H and O–H groups in total. The monoisotopic (exact) mass is 306 g/mol. The molecular weight excluding hydrogens is 272 g/mol. The topological polar surface area (TPSA) is 37.3 Å². The van der Waals surface area contributed by atoms with Crippen LogP contribution in [0.1, 0.15) is 72.6 Å². The van der Waals surface area contributed by atoms with Crippen LogP contribution in [0.25, 0.3) is 0 Å². The van der Waals surface area contributed by atoms with E-state index in [4.69, 9.17) is 5.11 Å². The number of carbonyl (C=O) groups excluding carboxylic acids is 1. The summed E-state index contributed by atoms with van der Waals surface area (Å²) in [7, 11) is 0. The zero-order valence-electron chi connectivity index (χ0n) is 15.0. The Morgan fingerprint density at radius 3 is 2.59 bits per heavy atom. The highest BCUT2D eigenvalue weighted by molar-refractivity contribution is 5.81. The summed E-state index contributed by atoms with van der Waals surface area (Å²) >= 11 is 0. The lowest BCUT2D eigenvalue weighted by Gasteiger charge is -2.57. The predicted molar refractivity (Wildman–Crippen MR) is 91.6 cm³/mol. The second-order valence-corrected chi connectivity index (χ2v) is 8.88. The van der Waals surface area contributed by atoms with Crippen LogP contribution in [0.3, 0.4) is 0 Å². The molecule has 2 saturated carbocycles. The Morgan fingerprint density at radius 1 is 1.27 bits per heavy atom. The van der Waals surface area contributed by atoms with Gasteiger partial charge in [-0.15, -0.1) is 0 Å². The quantitative estimate of drug-likeness (QED) is 0.743. The predicted octanol–water partition coefficient (Wildman–Crippen LogP) is 4.76. The van der Waals surface area contributed by atoms with Crippen molar-refractivity contribution in [2.24, 2.45) is 28.6 Å². The molecular formula is C20H34O2. The summed E-state index contributed by atoms with van der Waals surface area (Å²) in [4.78, 5) is 12.4. The summed E-state index contributed by atoms with van der Waals surface area (Å²) in [5, 5.41) is 9.10. The number of carbonyl (C=O) groups is 1. The van der Waals surface area contributed by atoms with Crippen molar-refractivity contribution in [2.75, 3.05) is 6.61 Å². The Kier molecular flexibility index (Phi) is 5.21. The molecule has 0 aromatic heterocycles. The number of hydrogen-bond acceptors (Lipinski definition) is 2. The molecule has 2 fully saturated rings. The van der Waals surface area contributed by atoms with Crippen molar-refractivity contribution in [3.63, 3.8) is 0 Å². The first-order valence-electron chi connectivity index (χ1n) is 9.01. The van der Waals surface area contributed by atoms with Gasteiger partial charge in [-0.2, -0.15) is 0 Å². The minimum absolute atomic E-state index is 0.0904. The molecule has 0 aliphatic heterocycles. The molecule has 0 amide bonds. The van der Waals surface area contributed by atoms with Gasteiger partial charge in [-0.3, -0.25) is 4.79 Å². The summed E-state index contributed by atoms with van der Waals surface area (Å²) in [5.74, 6) is 2.08. The summed E-state index contributed by atoms with van der Waals surface area (Å²) in [6.45, 7) is 13.8. The van der Waals surface area contributed by atoms with Crippen molar-refractivity contribution in [1.82, 2.24) is 0 Å². The minimum Gasteiger partial charge on any atom is -0.396 e. The van der Waals surface area contributed by atoms with E-state index in [1.165, 1.54) is 12.0 Å². The van der Waals surface area contributed by atoms with Crippen molar-refractivity contribution in [3.05, 3.63) is 12.2 Å². The maximum Gasteiger partial charge on any atom is 0.134 e. The van der Waals surface area contributed by atoms with Gasteiger partial charge in [0, 0.05) is 19.4 Å². The van der Waals surface area contributed by atoms with E-state index >= 15 is 0 Å². The number of fused-ring (bicyclic) bond motifs is 1. The molecule has 4 unspecified atom stereocenters. The zero-order chi connectivity index (χ0) is 16.5. The van der Waals surface area contributed by atoms with Gasteiger partial charge >= 0.3 is 0 Å². The van der Waals surface area contributed by atoms with Gasteiger partial charge in [0.25, 0.3) is 0 Å². The average Bonchev–Trinajstić information content (AvgIpc) is 2.35. The molecule has 0 bridgehead atoms. The Bertz CT molecular complexity index is 437. The lowest BCUT2D eigenvalue weighted by atomic mass is 9.47. The maximum atomic E-state index is 12.4. The van der Waals surface area contributed by atoms with Crippen molar-refractivity contribution >= 4 is 5.78 Å². The molecule has 22 heavy (non-hydrogen) atoms. The summed E-state index contributed by atoms with van der Waals surface area (Å²) in [6.07, 6.45) is 6.92. The average molecular weight is 306 g/mol. The number of aliphatic hydroxyl groups excluding tert-OH is 1. The first kappa shape index (κ1) is 17.7. The highest BCUT2D eigenvalue weighted by Crippen LogP contribution is 2.61. The maximum absolute atomic E-state index is 12.4. The van der Waals surface area contributed by atoms with Crippen LogP contribution >= 0.6 is 0 Å². The molecule has 2 heteroatoms. The van der Waals surface area contributed by atoms with Gasteiger partial charge in [0.1, 0.15) is 5.78 Å². The number of rotatable bonds is 5. The van der Waals surface area contributed by atoms with Gasteiger partial charge < -0.3 is 5.11 Å². The number of ketones is 1. The number of allylic oxidation sites excluding steroid dienone is 1. The summed E-state index contributed by atoms with van der Waals surface area (Å²) in [6, 6.07) is 0. The van der Waals surface area contributed by atoms with Crippen LogP contribution in [0, 0.1) is 28.6 Å². The fourth-order valence-electron chi connectivity index (χ4n) is 5.54. The highest BCUT2D eigenvalue weighted by Gasteiger charge is 2.54. The number of hydrogen-bond donors (Lipinski definition) is 1. The molecule has 126 valence electrons. The van der Waals surface area contributed by atoms with Crippen molar-refractivity contribution in [2.45, 2.75) is 72.6 Å². The fraction of sp³-hybridized carbons (Fsp3) is 0.850. The second-order valence-electron chi connectivity index (χ2n) is 8.88. The second kappa shape index (κ2) is 6.47. The third kappa shape index (κ3) is 3.32. The third-order valence-corrected chi connectivity index (χ3v) is 6.58. The zero-order valence-corrected chi connectivity index (χ0v) is 15.0. The molecule has 2 aliphatic carbocycles. The Labute approximate surface area is 136 Å². The molecule has 0 heterocycles. The van der Waals surface area contributed by atoms with E-state index in [-0.39, 0.29) is 17.4 Å². The molecule has 2 aliphatic rings. The van der Waals surface area contributed by atoms with Gasteiger partial charge in [-0.1, -0.05) is 46.3 Å². The van der Waals surface area contributed by atoms with E-state index in [0.717, 1.165) is 38.5 Å². The molecule has 2 rings (SSSR count). The van der Waals surface area contributed by atoms with Crippen LogP contribution in [-0.2, 0) is 4.79 Å². The normalized spacial score (nSPS) is 36.0. The molecule has 0 saturated heterocycles. The van der Waals surface area contributed by atoms with Crippen molar-refractivity contribution in [3.8, 4) is 0 Å². The van der Waals surface area contributed by atoms with E-state index < -0.39 is 0 Å². The van der Waals surface area contributed by atoms with Gasteiger partial charge in [0.2, 0.25) is 0 Å². The van der Waals surface area contributed by atoms with E-state index in [1.807, 2.05) is 0 Å². The Morgan fingerprint density at radius 2 is 1.95 bits per heavy atom. The van der Waals surface area contributed by atoms with E-state index in [2.05, 4.69) is 34.3 Å². The van der Waals surface area contributed by atoms with Gasteiger partial charge in [0.15, 0.2) is 0 Å². The SMILES string of the molecule is C=C1CCC2C(C)(C)CC(=O)CC2(C)C1CCC(C)CCO. The van der Waals surface area contributed by atoms with Gasteiger partial charge in [-0.05, 0) is 54.3 Å². The van der Waals surface area contributed by atoms with Gasteiger partial charge in [-0.25, -0.2) is 0 Å². The standard InChI is InChI=1S/C20H34O2/c1-14(10-11-21)6-8-17-15(2)7-9-18-19(3,4)12-16(22)13-20(17,18)5/h14,17-18,21H,2,6-13H2,1,3-5H3. The van der Waals surface area contributed by atoms with Gasteiger partial charge in [0.05, 0.1) is 0 Å². The van der Waals surface area contributed by atoms with Crippen LogP contribution in [0.2, 0.25) is 0 Å². The fourth-order valence-corrected chi connectivity index (χ4v) is 5.54. The number of Topliss-reactive ketones (excluding diaryl/α,β-unsaturated/α-hetero) is 1. The van der Waals surface area contributed by atoms with Crippen molar-refractivity contribution in [1.29, 1.82) is 0 Å². The molecule has 4 atom stereocenters. The summed E-state index contributed by atoms with van der Waals surface area (Å²) < 4.78 is 0. The lowest BCUT2D eigenvalue weighted by Crippen LogP contribution is -2.52. The number of aliphatic hydroxyl groups is 1.